The molecule has 0 saturated carbocycles. The number of ether oxygens (including phenoxy) is 3. The number of anilines is 2. The molecule has 0 amide bonds. The monoisotopic (exact) mass is 382 g/mol. The normalized spacial score (nSPS) is 11.6. The molecule has 1 aromatic carbocycles. The van der Waals surface area contributed by atoms with Crippen molar-refractivity contribution in [2.24, 2.45) is 0 Å². The van der Waals surface area contributed by atoms with E-state index in [1.807, 2.05) is 29.1 Å². The Morgan fingerprint density at radius 1 is 1.14 bits per heavy atom. The van der Waals surface area contributed by atoms with Crippen LogP contribution in [-0.2, 0) is 9.47 Å². The topological polar surface area (TPSA) is 99.1 Å². The molecule has 0 saturated heterocycles. The van der Waals surface area contributed by atoms with E-state index in [1.165, 1.54) is 0 Å². The lowest BCUT2D eigenvalue weighted by Gasteiger charge is -2.15. The Bertz CT molecular complexity index is 1080. The quantitative estimate of drug-likeness (QED) is 0.483. The van der Waals surface area contributed by atoms with Crippen LogP contribution in [0.3, 0.4) is 0 Å². The summed E-state index contributed by atoms with van der Waals surface area (Å²) in [5.41, 5.74) is 2.43. The lowest BCUT2D eigenvalue weighted by Crippen LogP contribution is -2.20. The second-order valence-corrected chi connectivity index (χ2v) is 6.37. The van der Waals surface area contributed by atoms with E-state index in [0.29, 0.717) is 19.0 Å². The smallest absolute Gasteiger partial charge is 0.157 e. The van der Waals surface area contributed by atoms with Gasteiger partial charge >= 0.3 is 0 Å². The number of aromatic nitrogens is 5. The predicted octanol–water partition coefficient (Wildman–Crippen LogP) is 2.89. The molecule has 0 fully saturated rings. The second-order valence-electron chi connectivity index (χ2n) is 6.37. The molecule has 2 N–H and O–H groups in total. The fraction of sp³-hybridized carbons (Fsp3) is 0.316. The number of aromatic amines is 1. The van der Waals surface area contributed by atoms with Crippen molar-refractivity contribution >= 4 is 33.3 Å². The van der Waals surface area contributed by atoms with E-state index in [1.54, 1.807) is 33.7 Å². The van der Waals surface area contributed by atoms with Gasteiger partial charge in [0.2, 0.25) is 0 Å². The predicted molar refractivity (Wildman–Crippen MR) is 106 cm³/mol. The first kappa shape index (κ1) is 18.2. The molecule has 0 bridgehead atoms. The van der Waals surface area contributed by atoms with Crippen LogP contribution in [0.2, 0.25) is 0 Å². The maximum absolute atomic E-state index is 5.50. The molecule has 3 heterocycles. The van der Waals surface area contributed by atoms with E-state index in [4.69, 9.17) is 19.2 Å². The van der Waals surface area contributed by atoms with Crippen molar-refractivity contribution in [3.8, 4) is 5.75 Å². The highest BCUT2D eigenvalue weighted by atomic mass is 16.5. The molecule has 4 rings (SSSR count). The Hall–Kier alpha value is -3.17. The minimum Gasteiger partial charge on any atom is -0.496 e. The fourth-order valence-electron chi connectivity index (χ4n) is 3.30. The van der Waals surface area contributed by atoms with Crippen LogP contribution in [-0.4, -0.2) is 59.5 Å². The van der Waals surface area contributed by atoms with E-state index in [-0.39, 0.29) is 6.04 Å². The molecular weight excluding hydrogens is 360 g/mol. The van der Waals surface area contributed by atoms with Crippen LogP contribution in [0.5, 0.6) is 5.75 Å². The van der Waals surface area contributed by atoms with Gasteiger partial charge < -0.3 is 19.5 Å². The van der Waals surface area contributed by atoms with Gasteiger partial charge in [-0.2, -0.15) is 10.2 Å². The maximum atomic E-state index is 5.50. The van der Waals surface area contributed by atoms with Crippen molar-refractivity contribution in [1.29, 1.82) is 0 Å². The van der Waals surface area contributed by atoms with Gasteiger partial charge in [-0.05, 0) is 12.1 Å². The van der Waals surface area contributed by atoms with Gasteiger partial charge in [-0.1, -0.05) is 6.07 Å². The summed E-state index contributed by atoms with van der Waals surface area (Å²) in [4.78, 5) is 4.76. The van der Waals surface area contributed by atoms with E-state index in [9.17, 15) is 0 Å². The number of benzene rings is 1. The fourth-order valence-corrected chi connectivity index (χ4v) is 3.30. The molecule has 0 aliphatic rings. The average Bonchev–Trinajstić information content (AvgIpc) is 3.37. The minimum atomic E-state index is -0.00783. The van der Waals surface area contributed by atoms with E-state index < -0.39 is 0 Å². The summed E-state index contributed by atoms with van der Waals surface area (Å²) in [6, 6.07) is 5.78. The zero-order valence-electron chi connectivity index (χ0n) is 16.0. The first-order chi connectivity index (χ1) is 13.7. The van der Waals surface area contributed by atoms with Crippen LogP contribution in [0.1, 0.15) is 6.04 Å². The van der Waals surface area contributed by atoms with E-state index in [0.717, 1.165) is 33.2 Å². The number of hydrogen-bond acceptors (Lipinski definition) is 7. The molecule has 9 heteroatoms. The van der Waals surface area contributed by atoms with Crippen molar-refractivity contribution in [1.82, 2.24) is 25.0 Å². The van der Waals surface area contributed by atoms with Crippen molar-refractivity contribution in [3.05, 3.63) is 36.8 Å². The Balaban J connectivity index is 1.71. The number of H-pyrrole nitrogens is 1. The third kappa shape index (κ3) is 3.25. The first-order valence-electron chi connectivity index (χ1n) is 8.84. The van der Waals surface area contributed by atoms with Crippen molar-refractivity contribution in [2.75, 3.05) is 39.9 Å². The first-order valence-corrected chi connectivity index (χ1v) is 8.84. The van der Waals surface area contributed by atoms with Crippen LogP contribution < -0.4 is 10.1 Å². The number of nitrogens with one attached hydrogen (secondary N) is 2. The summed E-state index contributed by atoms with van der Waals surface area (Å²) in [6.45, 7) is 1.02. The summed E-state index contributed by atoms with van der Waals surface area (Å²) in [5.74, 6) is 1.43. The van der Waals surface area contributed by atoms with Gasteiger partial charge in [0.15, 0.2) is 5.82 Å². The minimum absolute atomic E-state index is 0.00783. The SMILES string of the molecule is COCC(COC)n1cc(Nc2nc3cccc(OC)c3c3cn[nH]c23)cn1. The average molecular weight is 382 g/mol. The van der Waals surface area contributed by atoms with Crippen LogP contribution in [0.4, 0.5) is 11.5 Å². The Morgan fingerprint density at radius 2 is 1.96 bits per heavy atom. The molecule has 3 aromatic heterocycles. The number of methoxy groups -OCH3 is 3. The summed E-state index contributed by atoms with van der Waals surface area (Å²) in [5, 5.41) is 16.8. The van der Waals surface area contributed by atoms with Crippen LogP contribution in [0.25, 0.3) is 21.8 Å². The molecule has 4 aromatic rings. The van der Waals surface area contributed by atoms with E-state index in [2.05, 4.69) is 20.6 Å². The Labute approximate surface area is 161 Å². The van der Waals surface area contributed by atoms with Gasteiger partial charge in [-0.25, -0.2) is 4.98 Å². The molecule has 28 heavy (non-hydrogen) atoms. The number of rotatable bonds is 8. The van der Waals surface area contributed by atoms with Gasteiger partial charge in [0.05, 0.1) is 55.3 Å². The molecule has 0 atom stereocenters. The highest BCUT2D eigenvalue weighted by Gasteiger charge is 2.16. The Morgan fingerprint density at radius 3 is 2.71 bits per heavy atom. The molecule has 9 nitrogen and oxygen atoms in total. The molecule has 0 radical (unpaired) electrons. The number of pyridine rings is 1. The molecule has 0 unspecified atom stereocenters. The third-order valence-electron chi connectivity index (χ3n) is 4.56. The zero-order valence-corrected chi connectivity index (χ0v) is 16.0. The molecule has 0 spiro atoms. The van der Waals surface area contributed by atoms with Gasteiger partial charge in [0.25, 0.3) is 0 Å². The highest BCUT2D eigenvalue weighted by molar-refractivity contribution is 6.11. The zero-order chi connectivity index (χ0) is 19.5. The second kappa shape index (κ2) is 7.83. The maximum Gasteiger partial charge on any atom is 0.157 e. The van der Waals surface area contributed by atoms with Gasteiger partial charge in [0.1, 0.15) is 11.3 Å². The molecule has 146 valence electrons. The van der Waals surface area contributed by atoms with Crippen LogP contribution in [0, 0.1) is 0 Å². The number of nitrogens with zero attached hydrogens (tertiary/aromatic N) is 4. The summed E-state index contributed by atoms with van der Waals surface area (Å²) >= 11 is 0. The number of fused-ring (bicyclic) bond motifs is 3. The molecule has 0 aliphatic heterocycles. The highest BCUT2D eigenvalue weighted by Crippen LogP contribution is 2.34. The van der Waals surface area contributed by atoms with Gasteiger partial charge in [-0.3, -0.25) is 9.78 Å². The standard InChI is InChI=1S/C19H22N6O3/c1-26-10-13(11-27-2)25-9-12(7-21-25)22-19-18-14(8-20-24-18)17-15(23-19)5-4-6-16(17)28-3/h4-9,13H,10-11H2,1-3H3,(H,20,24)(H,22,23). The van der Waals surface area contributed by atoms with Crippen LogP contribution >= 0.6 is 0 Å². The molecule has 0 aliphatic carbocycles. The van der Waals surface area contributed by atoms with Crippen molar-refractivity contribution in [3.63, 3.8) is 0 Å². The third-order valence-corrected chi connectivity index (χ3v) is 4.56. The Kier molecular flexibility index (Phi) is 5.09. The summed E-state index contributed by atoms with van der Waals surface area (Å²) < 4.78 is 17.8. The molecular formula is C19H22N6O3. The van der Waals surface area contributed by atoms with Gasteiger partial charge in [-0.15, -0.1) is 0 Å². The lowest BCUT2D eigenvalue weighted by atomic mass is 10.1. The summed E-state index contributed by atoms with van der Waals surface area (Å²) in [6.07, 6.45) is 5.43. The number of hydrogen-bond donors (Lipinski definition) is 2. The van der Waals surface area contributed by atoms with Crippen molar-refractivity contribution < 1.29 is 14.2 Å². The largest absolute Gasteiger partial charge is 0.496 e. The van der Waals surface area contributed by atoms with E-state index >= 15 is 0 Å². The summed E-state index contributed by atoms with van der Waals surface area (Å²) in [7, 11) is 4.97. The van der Waals surface area contributed by atoms with Gasteiger partial charge in [0, 0.05) is 25.8 Å². The van der Waals surface area contributed by atoms with Crippen LogP contribution in [0.15, 0.2) is 36.8 Å². The lowest BCUT2D eigenvalue weighted by molar-refractivity contribution is 0.0839. The van der Waals surface area contributed by atoms with Crippen molar-refractivity contribution in [2.45, 2.75) is 6.04 Å².